The van der Waals surface area contributed by atoms with Gasteiger partial charge in [0.25, 0.3) is 0 Å². The van der Waals surface area contributed by atoms with Gasteiger partial charge in [-0.05, 0) is 18.9 Å². The molecular weight excluding hydrogens is 256 g/mol. The molecule has 1 aromatic rings. The Morgan fingerprint density at radius 2 is 2.20 bits per heavy atom. The molecule has 1 aromatic carbocycles. The number of benzene rings is 1. The summed E-state index contributed by atoms with van der Waals surface area (Å²) in [6.45, 7) is 9.35. The average Bonchev–Trinajstić information content (AvgIpc) is 2.81. The molecule has 0 saturated carbocycles. The van der Waals surface area contributed by atoms with Crippen LogP contribution in [-0.2, 0) is 6.42 Å². The van der Waals surface area contributed by atoms with E-state index in [2.05, 4.69) is 6.58 Å². The van der Waals surface area contributed by atoms with Gasteiger partial charge in [0, 0.05) is 24.0 Å². The molecule has 4 nitrogen and oxygen atoms in total. The van der Waals surface area contributed by atoms with E-state index in [0.29, 0.717) is 24.2 Å². The highest BCUT2D eigenvalue weighted by Gasteiger charge is 2.32. The molecule has 4 heteroatoms. The first kappa shape index (κ1) is 14.4. The van der Waals surface area contributed by atoms with Crippen molar-refractivity contribution in [3.8, 4) is 17.2 Å². The van der Waals surface area contributed by atoms with Crippen molar-refractivity contribution in [3.63, 3.8) is 0 Å². The van der Waals surface area contributed by atoms with Crippen LogP contribution in [0.2, 0.25) is 0 Å². The Bertz CT molecular complexity index is 574. The van der Waals surface area contributed by atoms with Gasteiger partial charge in [0.1, 0.15) is 28.9 Å². The molecule has 108 valence electrons. The van der Waals surface area contributed by atoms with Crippen LogP contribution in [0.3, 0.4) is 0 Å². The summed E-state index contributed by atoms with van der Waals surface area (Å²) in [6.07, 6.45) is 0.904. The standard InChI is InChI=1S/C16H20O4/c1-5-9(4)15(18)14-11(17)7-13-10(16(14)19)6-12(20-13)8(2)3/h7,9,12,17,19H,2,5-6H2,1,3-4H3/t9-,12+/m1/s1. The Hall–Kier alpha value is -1.97. The first-order valence-corrected chi connectivity index (χ1v) is 6.80. The number of phenolic OH excluding ortho intramolecular Hbond substituents is 2. The zero-order chi connectivity index (χ0) is 15.0. The van der Waals surface area contributed by atoms with E-state index in [0.717, 1.165) is 5.57 Å². The molecule has 0 aliphatic carbocycles. The number of Topliss-reactive ketones (excluding diaryl/α,β-unsaturated/α-hetero) is 1. The molecule has 1 heterocycles. The maximum atomic E-state index is 12.3. The molecule has 2 rings (SSSR count). The van der Waals surface area contributed by atoms with Crippen molar-refractivity contribution in [2.45, 2.75) is 39.7 Å². The molecule has 0 amide bonds. The lowest BCUT2D eigenvalue weighted by Gasteiger charge is -2.13. The van der Waals surface area contributed by atoms with Gasteiger partial charge in [0.2, 0.25) is 0 Å². The molecule has 1 aliphatic heterocycles. The Morgan fingerprint density at radius 1 is 1.55 bits per heavy atom. The van der Waals surface area contributed by atoms with Crippen molar-refractivity contribution in [3.05, 3.63) is 29.3 Å². The van der Waals surface area contributed by atoms with E-state index >= 15 is 0 Å². The fourth-order valence-corrected chi connectivity index (χ4v) is 2.30. The molecule has 0 fully saturated rings. The SMILES string of the molecule is C=C(C)[C@@H]1Cc2c(cc(O)c(C(=O)[C@H](C)CC)c2O)O1. The van der Waals surface area contributed by atoms with E-state index in [4.69, 9.17) is 4.74 Å². The monoisotopic (exact) mass is 276 g/mol. The summed E-state index contributed by atoms with van der Waals surface area (Å²) < 4.78 is 5.62. The fraction of sp³-hybridized carbons (Fsp3) is 0.438. The van der Waals surface area contributed by atoms with Crippen LogP contribution in [0.1, 0.15) is 43.1 Å². The average molecular weight is 276 g/mol. The number of ketones is 1. The predicted molar refractivity (Wildman–Crippen MR) is 76.5 cm³/mol. The summed E-state index contributed by atoms with van der Waals surface area (Å²) in [7, 11) is 0. The second-order valence-corrected chi connectivity index (χ2v) is 5.43. The highest BCUT2D eigenvalue weighted by Crippen LogP contribution is 2.44. The van der Waals surface area contributed by atoms with Gasteiger partial charge in [-0.25, -0.2) is 0 Å². The molecule has 0 aromatic heterocycles. The number of fused-ring (bicyclic) bond motifs is 1. The van der Waals surface area contributed by atoms with E-state index in [1.807, 2.05) is 13.8 Å². The first-order valence-electron chi connectivity index (χ1n) is 6.80. The van der Waals surface area contributed by atoms with Crippen LogP contribution < -0.4 is 4.74 Å². The molecule has 0 radical (unpaired) electrons. The van der Waals surface area contributed by atoms with Gasteiger partial charge in [0.05, 0.1) is 0 Å². The van der Waals surface area contributed by atoms with Crippen molar-refractivity contribution in [2.75, 3.05) is 0 Å². The Morgan fingerprint density at radius 3 is 2.75 bits per heavy atom. The number of hydrogen-bond donors (Lipinski definition) is 2. The number of carbonyl (C=O) groups excluding carboxylic acids is 1. The summed E-state index contributed by atoms with van der Waals surface area (Å²) in [6, 6.07) is 1.41. The van der Waals surface area contributed by atoms with Crippen LogP contribution in [0.5, 0.6) is 17.2 Å². The lowest BCUT2D eigenvalue weighted by molar-refractivity contribution is 0.0921. The minimum absolute atomic E-state index is 0.00376. The van der Waals surface area contributed by atoms with Gasteiger partial charge < -0.3 is 14.9 Å². The second-order valence-electron chi connectivity index (χ2n) is 5.43. The first-order chi connectivity index (χ1) is 9.36. The van der Waals surface area contributed by atoms with E-state index in [1.54, 1.807) is 6.92 Å². The summed E-state index contributed by atoms with van der Waals surface area (Å²) in [4.78, 5) is 12.3. The van der Waals surface area contributed by atoms with Crippen LogP contribution in [0.25, 0.3) is 0 Å². The summed E-state index contributed by atoms with van der Waals surface area (Å²) in [5, 5.41) is 20.3. The van der Waals surface area contributed by atoms with Gasteiger partial charge in [0.15, 0.2) is 5.78 Å². The summed E-state index contributed by atoms with van der Waals surface area (Å²) in [5.74, 6) is -0.454. The van der Waals surface area contributed by atoms with E-state index < -0.39 is 0 Å². The molecule has 0 unspecified atom stereocenters. The smallest absolute Gasteiger partial charge is 0.173 e. The van der Waals surface area contributed by atoms with Crippen LogP contribution in [0.4, 0.5) is 0 Å². The fourth-order valence-electron chi connectivity index (χ4n) is 2.30. The largest absolute Gasteiger partial charge is 0.507 e. The van der Waals surface area contributed by atoms with Crippen LogP contribution >= 0.6 is 0 Å². The third-order valence-electron chi connectivity index (χ3n) is 3.86. The minimum atomic E-state index is -0.246. The van der Waals surface area contributed by atoms with Crippen molar-refractivity contribution in [2.24, 2.45) is 5.92 Å². The van der Waals surface area contributed by atoms with Crippen molar-refractivity contribution in [1.29, 1.82) is 0 Å². The number of carbonyl (C=O) groups is 1. The van der Waals surface area contributed by atoms with E-state index in [1.165, 1.54) is 6.07 Å². The zero-order valence-electron chi connectivity index (χ0n) is 12.1. The number of phenols is 2. The number of hydrogen-bond acceptors (Lipinski definition) is 4. The Balaban J connectivity index is 2.47. The van der Waals surface area contributed by atoms with Crippen LogP contribution in [0, 0.1) is 5.92 Å². The Labute approximate surface area is 118 Å². The molecule has 20 heavy (non-hydrogen) atoms. The van der Waals surface area contributed by atoms with Gasteiger partial charge in [-0.15, -0.1) is 0 Å². The van der Waals surface area contributed by atoms with Crippen molar-refractivity contribution >= 4 is 5.78 Å². The third-order valence-corrected chi connectivity index (χ3v) is 3.86. The van der Waals surface area contributed by atoms with Crippen LogP contribution in [0.15, 0.2) is 18.2 Å². The molecule has 0 bridgehead atoms. The molecule has 1 aliphatic rings. The second kappa shape index (κ2) is 5.19. The lowest BCUT2D eigenvalue weighted by atomic mass is 9.93. The number of aromatic hydroxyl groups is 2. The molecule has 2 N–H and O–H groups in total. The molecule has 2 atom stereocenters. The Kier molecular flexibility index (Phi) is 3.75. The van der Waals surface area contributed by atoms with E-state index in [9.17, 15) is 15.0 Å². The lowest BCUT2D eigenvalue weighted by Crippen LogP contribution is -2.13. The molecular formula is C16H20O4. The van der Waals surface area contributed by atoms with Gasteiger partial charge in [-0.3, -0.25) is 4.79 Å². The van der Waals surface area contributed by atoms with Crippen molar-refractivity contribution in [1.82, 2.24) is 0 Å². The number of rotatable bonds is 4. The molecule has 0 spiro atoms. The normalized spacial score (nSPS) is 18.2. The van der Waals surface area contributed by atoms with Gasteiger partial charge in [-0.2, -0.15) is 0 Å². The maximum Gasteiger partial charge on any atom is 0.173 e. The third kappa shape index (κ3) is 2.26. The number of ether oxygens (including phenoxy) is 1. The van der Waals surface area contributed by atoms with E-state index in [-0.39, 0.29) is 34.9 Å². The summed E-state index contributed by atoms with van der Waals surface area (Å²) >= 11 is 0. The van der Waals surface area contributed by atoms with Gasteiger partial charge in [-0.1, -0.05) is 20.4 Å². The van der Waals surface area contributed by atoms with Crippen molar-refractivity contribution < 1.29 is 19.7 Å². The molecule has 0 saturated heterocycles. The highest BCUT2D eigenvalue weighted by atomic mass is 16.5. The van der Waals surface area contributed by atoms with Gasteiger partial charge >= 0.3 is 0 Å². The predicted octanol–water partition coefficient (Wildman–Crippen LogP) is 3.21. The van der Waals surface area contributed by atoms with Crippen LogP contribution in [-0.4, -0.2) is 22.1 Å². The summed E-state index contributed by atoms with van der Waals surface area (Å²) in [5.41, 5.74) is 1.42. The zero-order valence-corrected chi connectivity index (χ0v) is 12.1. The minimum Gasteiger partial charge on any atom is -0.507 e. The quantitative estimate of drug-likeness (QED) is 0.654. The topological polar surface area (TPSA) is 66.8 Å². The highest BCUT2D eigenvalue weighted by molar-refractivity contribution is 6.03. The maximum absolute atomic E-state index is 12.3.